The Balaban J connectivity index is 1.79. The van der Waals surface area contributed by atoms with Gasteiger partial charge in [-0.2, -0.15) is 4.99 Å². The zero-order valence-corrected chi connectivity index (χ0v) is 14.5. The van der Waals surface area contributed by atoms with Crippen molar-refractivity contribution in [2.24, 2.45) is 12.0 Å². The molecule has 0 aliphatic heterocycles. The Hall–Kier alpha value is -1.99. The van der Waals surface area contributed by atoms with E-state index in [0.29, 0.717) is 15.0 Å². The van der Waals surface area contributed by atoms with Gasteiger partial charge >= 0.3 is 0 Å². The van der Waals surface area contributed by atoms with Crippen molar-refractivity contribution in [3.05, 3.63) is 57.6 Å². The molecule has 0 fully saturated rings. The van der Waals surface area contributed by atoms with Crippen LogP contribution in [0, 0.1) is 5.82 Å². The van der Waals surface area contributed by atoms with Gasteiger partial charge in [-0.1, -0.05) is 23.5 Å². The van der Waals surface area contributed by atoms with E-state index in [1.165, 1.54) is 29.5 Å². The average Bonchev–Trinajstić information content (AvgIpc) is 2.83. The first-order chi connectivity index (χ1) is 11.0. The predicted molar refractivity (Wildman–Crippen MR) is 91.0 cm³/mol. The van der Waals surface area contributed by atoms with Crippen molar-refractivity contribution in [3.63, 3.8) is 0 Å². The number of carbonyl (C=O) groups excluding carboxylic acids is 1. The van der Waals surface area contributed by atoms with Crippen LogP contribution in [0.15, 0.2) is 51.9 Å². The van der Waals surface area contributed by atoms with Crippen LogP contribution in [0.25, 0.3) is 10.2 Å². The molecule has 0 spiro atoms. The summed E-state index contributed by atoms with van der Waals surface area (Å²) in [6, 6.07) is 11.9. The molecule has 118 valence electrons. The average molecular weight is 395 g/mol. The van der Waals surface area contributed by atoms with E-state index >= 15 is 0 Å². The van der Waals surface area contributed by atoms with Gasteiger partial charge in [-0.3, -0.25) is 4.79 Å². The fourth-order valence-corrected chi connectivity index (χ4v) is 3.56. The minimum absolute atomic E-state index is 0.210. The number of carbonyl (C=O) groups is 1. The molecule has 0 atom stereocenters. The third kappa shape index (κ3) is 3.51. The zero-order valence-electron chi connectivity index (χ0n) is 12.1. The number of thiazole rings is 1. The van der Waals surface area contributed by atoms with Crippen LogP contribution in [0.5, 0.6) is 5.75 Å². The first kappa shape index (κ1) is 15.9. The van der Waals surface area contributed by atoms with Gasteiger partial charge in [0.2, 0.25) is 0 Å². The molecule has 1 amide bonds. The monoisotopic (exact) mass is 394 g/mol. The topological polar surface area (TPSA) is 43.6 Å². The molecule has 0 aliphatic rings. The maximum Gasteiger partial charge on any atom is 0.286 e. The number of aromatic nitrogens is 1. The van der Waals surface area contributed by atoms with Crippen molar-refractivity contribution in [2.45, 2.75) is 0 Å². The highest BCUT2D eigenvalue weighted by atomic mass is 79.9. The minimum atomic E-state index is -0.400. The second kappa shape index (κ2) is 6.64. The summed E-state index contributed by atoms with van der Waals surface area (Å²) in [4.78, 5) is 16.7. The van der Waals surface area contributed by atoms with Crippen LogP contribution in [0.3, 0.4) is 0 Å². The summed E-state index contributed by atoms with van der Waals surface area (Å²) in [5.41, 5.74) is 1.02. The lowest BCUT2D eigenvalue weighted by Gasteiger charge is -2.05. The Morgan fingerprint density at radius 1 is 1.35 bits per heavy atom. The molecule has 7 heteroatoms. The lowest BCUT2D eigenvalue weighted by atomic mass is 10.3. The summed E-state index contributed by atoms with van der Waals surface area (Å²) < 4.78 is 21.8. The van der Waals surface area contributed by atoms with Gasteiger partial charge in [-0.25, -0.2) is 4.39 Å². The van der Waals surface area contributed by atoms with Crippen LogP contribution in [0.2, 0.25) is 0 Å². The highest BCUT2D eigenvalue weighted by molar-refractivity contribution is 9.10. The van der Waals surface area contributed by atoms with Crippen molar-refractivity contribution in [3.8, 4) is 5.75 Å². The van der Waals surface area contributed by atoms with Gasteiger partial charge in [0.1, 0.15) is 11.6 Å². The van der Waals surface area contributed by atoms with Crippen LogP contribution < -0.4 is 9.54 Å². The molecule has 1 heterocycles. The fraction of sp³-hybridized carbons (Fsp3) is 0.125. The van der Waals surface area contributed by atoms with Gasteiger partial charge in [0.05, 0.1) is 14.7 Å². The lowest BCUT2D eigenvalue weighted by Crippen LogP contribution is -2.17. The minimum Gasteiger partial charge on any atom is -0.482 e. The maximum atomic E-state index is 13.0. The summed E-state index contributed by atoms with van der Waals surface area (Å²) in [5.74, 6) is -0.378. The van der Waals surface area contributed by atoms with Crippen molar-refractivity contribution < 1.29 is 13.9 Å². The second-order valence-corrected chi connectivity index (χ2v) is 6.64. The van der Waals surface area contributed by atoms with Crippen LogP contribution in [0.4, 0.5) is 4.39 Å². The summed E-state index contributed by atoms with van der Waals surface area (Å²) >= 11 is 4.63. The maximum absolute atomic E-state index is 13.0. The Morgan fingerprint density at radius 3 is 2.87 bits per heavy atom. The number of aryl methyl sites for hydroxylation is 1. The third-order valence-electron chi connectivity index (χ3n) is 3.18. The van der Waals surface area contributed by atoms with E-state index in [-0.39, 0.29) is 12.4 Å². The molecule has 4 nitrogen and oxygen atoms in total. The van der Waals surface area contributed by atoms with Crippen LogP contribution >= 0.6 is 27.3 Å². The second-order valence-electron chi connectivity index (χ2n) is 4.78. The van der Waals surface area contributed by atoms with E-state index < -0.39 is 5.91 Å². The first-order valence-corrected chi connectivity index (χ1v) is 8.35. The molecule has 1 aromatic heterocycles. The number of benzene rings is 2. The molecule has 3 aromatic rings. The molecule has 0 N–H and O–H groups in total. The molecule has 3 rings (SSSR count). The molecule has 23 heavy (non-hydrogen) atoms. The molecule has 0 aliphatic carbocycles. The van der Waals surface area contributed by atoms with Crippen LogP contribution in [0.1, 0.15) is 0 Å². The van der Waals surface area contributed by atoms with Crippen LogP contribution in [-0.4, -0.2) is 17.1 Å². The number of hydrogen-bond acceptors (Lipinski definition) is 3. The number of fused-ring (bicyclic) bond motifs is 1. The number of nitrogens with zero attached hydrogens (tertiary/aromatic N) is 2. The third-order valence-corrected chi connectivity index (χ3v) is 4.91. The van der Waals surface area contributed by atoms with E-state index in [9.17, 15) is 9.18 Å². The Kier molecular flexibility index (Phi) is 4.58. The molecule has 0 saturated carbocycles. The zero-order chi connectivity index (χ0) is 16.4. The number of halogens is 2. The van der Waals surface area contributed by atoms with Gasteiger partial charge in [0, 0.05) is 7.05 Å². The number of ether oxygens (including phenoxy) is 1. The fourth-order valence-electron chi connectivity index (χ4n) is 2.06. The van der Waals surface area contributed by atoms with E-state index in [2.05, 4.69) is 20.9 Å². The van der Waals surface area contributed by atoms with E-state index in [1.54, 1.807) is 0 Å². The SMILES string of the molecule is Cn1c(=NC(=O)COc2ccc(F)cc2Br)sc2ccccc21. The lowest BCUT2D eigenvalue weighted by molar-refractivity contribution is -0.120. The van der Waals surface area contributed by atoms with Crippen molar-refractivity contribution in [1.82, 2.24) is 4.57 Å². The number of hydrogen-bond donors (Lipinski definition) is 0. The summed E-state index contributed by atoms with van der Waals surface area (Å²) in [6.45, 7) is -0.210. The van der Waals surface area contributed by atoms with E-state index in [0.717, 1.165) is 10.2 Å². The molecular formula is C16H12BrFN2O2S. The molecule has 0 bridgehead atoms. The van der Waals surface area contributed by atoms with E-state index in [1.807, 2.05) is 35.9 Å². The smallest absolute Gasteiger partial charge is 0.286 e. The normalized spacial score (nSPS) is 11.9. The Bertz CT molecular complexity index is 949. The number of rotatable bonds is 3. The summed E-state index contributed by atoms with van der Waals surface area (Å²) in [6.07, 6.45) is 0. The Morgan fingerprint density at radius 2 is 2.13 bits per heavy atom. The molecule has 2 aromatic carbocycles. The van der Waals surface area contributed by atoms with Crippen LogP contribution in [-0.2, 0) is 11.8 Å². The van der Waals surface area contributed by atoms with Gasteiger partial charge in [-0.15, -0.1) is 0 Å². The Labute approximate surface area is 144 Å². The molecule has 0 radical (unpaired) electrons. The number of para-hydroxylation sites is 1. The summed E-state index contributed by atoms with van der Waals surface area (Å²) in [7, 11) is 1.86. The predicted octanol–water partition coefficient (Wildman–Crippen LogP) is 3.65. The highest BCUT2D eigenvalue weighted by Crippen LogP contribution is 2.25. The first-order valence-electron chi connectivity index (χ1n) is 6.74. The van der Waals surface area contributed by atoms with Crippen molar-refractivity contribution in [1.29, 1.82) is 0 Å². The van der Waals surface area contributed by atoms with Crippen molar-refractivity contribution in [2.75, 3.05) is 6.61 Å². The molecule has 0 saturated heterocycles. The largest absolute Gasteiger partial charge is 0.482 e. The van der Waals surface area contributed by atoms with Gasteiger partial charge in [0.25, 0.3) is 5.91 Å². The quantitative estimate of drug-likeness (QED) is 0.680. The standard InChI is InChI=1S/C16H12BrFN2O2S/c1-20-12-4-2-3-5-14(12)23-16(20)19-15(21)9-22-13-7-6-10(18)8-11(13)17/h2-8H,9H2,1H3. The molecular weight excluding hydrogens is 383 g/mol. The van der Waals surface area contributed by atoms with Gasteiger partial charge < -0.3 is 9.30 Å². The summed E-state index contributed by atoms with van der Waals surface area (Å²) in [5, 5.41) is 0. The number of amides is 1. The molecule has 0 unspecified atom stereocenters. The van der Waals surface area contributed by atoms with Gasteiger partial charge in [-0.05, 0) is 46.3 Å². The highest BCUT2D eigenvalue weighted by Gasteiger charge is 2.07. The van der Waals surface area contributed by atoms with Gasteiger partial charge in [0.15, 0.2) is 11.4 Å². The van der Waals surface area contributed by atoms with Crippen molar-refractivity contribution >= 4 is 43.4 Å². The van der Waals surface area contributed by atoms with E-state index in [4.69, 9.17) is 4.74 Å².